The van der Waals surface area contributed by atoms with E-state index in [-0.39, 0.29) is 5.75 Å². The van der Waals surface area contributed by atoms with Crippen molar-refractivity contribution >= 4 is 42.2 Å². The topological polar surface area (TPSA) is 214 Å². The van der Waals surface area contributed by atoms with Crippen LogP contribution in [0.2, 0.25) is 0 Å². The van der Waals surface area contributed by atoms with Gasteiger partial charge in [-0.1, -0.05) is 0 Å². The van der Waals surface area contributed by atoms with Gasteiger partial charge in [-0.2, -0.15) is 12.6 Å². The van der Waals surface area contributed by atoms with E-state index in [0.29, 0.717) is 0 Å². The summed E-state index contributed by atoms with van der Waals surface area (Å²) in [4.78, 5) is 57.8. The van der Waals surface area contributed by atoms with Crippen LogP contribution in [-0.2, 0) is 24.0 Å². The van der Waals surface area contributed by atoms with Crippen LogP contribution < -0.4 is 27.4 Å². The molecule has 0 aromatic heterocycles. The van der Waals surface area contributed by atoms with Crippen LogP contribution in [0.15, 0.2) is 0 Å². The number of hydrogen-bond acceptors (Lipinski definition) is 8. The minimum atomic E-state index is -1.57. The third kappa shape index (κ3) is 8.13. The largest absolute Gasteiger partial charge is 0.480 e. The molecule has 13 heteroatoms. The summed E-state index contributed by atoms with van der Waals surface area (Å²) in [6.45, 7) is 0.503. The predicted molar refractivity (Wildman–Crippen MR) is 91.8 cm³/mol. The third-order valence-corrected chi connectivity index (χ3v) is 3.43. The number of aliphatic hydroxyl groups is 1. The molecule has 0 aliphatic carbocycles. The monoisotopic (exact) mass is 393 g/mol. The van der Waals surface area contributed by atoms with Crippen LogP contribution in [0.3, 0.4) is 0 Å². The number of carboxylic acid groups (broad SMARTS) is 1. The van der Waals surface area contributed by atoms with Crippen molar-refractivity contribution < 1.29 is 34.2 Å². The molecule has 0 saturated heterocycles. The summed E-state index contributed by atoms with van der Waals surface area (Å²) in [6, 6.07) is -5.19. The first-order valence-corrected chi connectivity index (χ1v) is 8.06. The minimum Gasteiger partial charge on any atom is -0.480 e. The van der Waals surface area contributed by atoms with E-state index in [1.165, 1.54) is 6.92 Å². The van der Waals surface area contributed by atoms with Crippen LogP contribution in [0.1, 0.15) is 13.3 Å². The summed E-state index contributed by atoms with van der Waals surface area (Å²) < 4.78 is 0. The lowest BCUT2D eigenvalue weighted by Crippen LogP contribution is -2.58. The second-order valence-corrected chi connectivity index (χ2v) is 5.71. The number of rotatable bonds is 11. The Morgan fingerprint density at radius 2 is 1.42 bits per heavy atom. The van der Waals surface area contributed by atoms with E-state index < -0.39 is 66.8 Å². The van der Waals surface area contributed by atoms with Crippen molar-refractivity contribution in [1.82, 2.24) is 16.0 Å². The highest BCUT2D eigenvalue weighted by atomic mass is 32.1. The molecule has 0 bridgehead atoms. The maximum absolute atomic E-state index is 12.2. The van der Waals surface area contributed by atoms with Gasteiger partial charge in [-0.05, 0) is 6.92 Å². The summed E-state index contributed by atoms with van der Waals surface area (Å²) in [6.07, 6.45) is -0.542. The zero-order valence-electron chi connectivity index (χ0n) is 14.0. The summed E-state index contributed by atoms with van der Waals surface area (Å²) in [5.41, 5.74) is 10.4. The molecule has 0 heterocycles. The first-order chi connectivity index (χ1) is 12.0. The Kier molecular flexibility index (Phi) is 10.2. The zero-order valence-corrected chi connectivity index (χ0v) is 14.9. The number of nitrogens with two attached hydrogens (primary N) is 2. The fourth-order valence-electron chi connectivity index (χ4n) is 1.64. The van der Waals surface area contributed by atoms with Crippen LogP contribution >= 0.6 is 12.6 Å². The summed E-state index contributed by atoms with van der Waals surface area (Å²) in [7, 11) is 0. The third-order valence-electron chi connectivity index (χ3n) is 3.06. The van der Waals surface area contributed by atoms with Gasteiger partial charge in [-0.3, -0.25) is 19.2 Å². The Morgan fingerprint density at radius 1 is 0.962 bits per heavy atom. The lowest BCUT2D eigenvalue weighted by molar-refractivity contribution is -0.143. The molecule has 148 valence electrons. The van der Waals surface area contributed by atoms with Gasteiger partial charge in [0.25, 0.3) is 0 Å². The van der Waals surface area contributed by atoms with E-state index in [1.54, 1.807) is 0 Å². The molecule has 0 rings (SSSR count). The van der Waals surface area contributed by atoms with Crippen LogP contribution in [0, 0.1) is 0 Å². The van der Waals surface area contributed by atoms with Gasteiger partial charge in [0.15, 0.2) is 0 Å². The molecule has 0 spiro atoms. The highest BCUT2D eigenvalue weighted by Gasteiger charge is 2.29. The lowest BCUT2D eigenvalue weighted by Gasteiger charge is -2.23. The van der Waals surface area contributed by atoms with Gasteiger partial charge in [0.05, 0.1) is 19.1 Å². The Labute approximate surface area is 154 Å². The van der Waals surface area contributed by atoms with Crippen LogP contribution in [0.5, 0.6) is 0 Å². The fraction of sp³-hybridized carbons (Fsp3) is 0.615. The smallest absolute Gasteiger partial charge is 0.328 e. The van der Waals surface area contributed by atoms with Crippen LogP contribution in [-0.4, -0.2) is 76.3 Å². The van der Waals surface area contributed by atoms with Crippen molar-refractivity contribution in [3.8, 4) is 0 Å². The Balaban J connectivity index is 5.09. The molecule has 0 aromatic rings. The molecule has 0 saturated carbocycles. The number of amides is 4. The van der Waals surface area contributed by atoms with Gasteiger partial charge in [0.2, 0.25) is 23.6 Å². The molecule has 4 atom stereocenters. The van der Waals surface area contributed by atoms with Gasteiger partial charge in [-0.15, -0.1) is 0 Å². The van der Waals surface area contributed by atoms with Gasteiger partial charge in [-0.25, -0.2) is 4.79 Å². The number of hydrogen-bond donors (Lipinski definition) is 8. The molecule has 9 N–H and O–H groups in total. The van der Waals surface area contributed by atoms with E-state index in [1.807, 2.05) is 5.32 Å². The van der Waals surface area contributed by atoms with Gasteiger partial charge in [0.1, 0.15) is 18.1 Å². The average molecular weight is 393 g/mol. The first kappa shape index (κ1) is 23.6. The van der Waals surface area contributed by atoms with Crippen molar-refractivity contribution in [3.63, 3.8) is 0 Å². The standard InChI is InChI=1S/C13H23N5O7S/c1-5(14)10(21)16-6(2-9(15)20)11(22)18-8(4-26)12(23)17-7(3-19)13(24)25/h5-8,19,26H,2-4,14H2,1H3,(H2,15,20)(H,16,21)(H,17,23)(H,18,22)(H,24,25). The second-order valence-electron chi connectivity index (χ2n) is 5.35. The SMILES string of the molecule is CC(N)C(=O)NC(CC(N)=O)C(=O)NC(CS)C(=O)NC(CO)C(=O)O. The molecule has 0 fully saturated rings. The number of carbonyl (C=O) groups is 5. The van der Waals surface area contributed by atoms with Crippen LogP contribution in [0.25, 0.3) is 0 Å². The Morgan fingerprint density at radius 3 is 1.81 bits per heavy atom. The molecule has 4 unspecified atom stereocenters. The van der Waals surface area contributed by atoms with Gasteiger partial charge >= 0.3 is 5.97 Å². The number of aliphatic carboxylic acids is 1. The fourth-order valence-corrected chi connectivity index (χ4v) is 1.89. The highest BCUT2D eigenvalue weighted by Crippen LogP contribution is 1.98. The van der Waals surface area contributed by atoms with Gasteiger partial charge in [0, 0.05) is 5.75 Å². The van der Waals surface area contributed by atoms with E-state index >= 15 is 0 Å². The average Bonchev–Trinajstić information content (AvgIpc) is 2.55. The van der Waals surface area contributed by atoms with E-state index in [4.69, 9.17) is 21.7 Å². The molecule has 26 heavy (non-hydrogen) atoms. The van der Waals surface area contributed by atoms with Crippen molar-refractivity contribution in [2.24, 2.45) is 11.5 Å². The number of primary amides is 1. The zero-order chi connectivity index (χ0) is 20.4. The number of carboxylic acids is 1. The Hall–Kier alpha value is -2.38. The molecule has 0 aliphatic heterocycles. The number of nitrogens with one attached hydrogen (secondary N) is 3. The van der Waals surface area contributed by atoms with Crippen molar-refractivity contribution in [2.45, 2.75) is 37.5 Å². The van der Waals surface area contributed by atoms with E-state index in [2.05, 4.69) is 23.3 Å². The molecule has 0 aromatic carbocycles. The highest BCUT2D eigenvalue weighted by molar-refractivity contribution is 7.80. The molecular formula is C13H23N5O7S. The van der Waals surface area contributed by atoms with Crippen molar-refractivity contribution in [1.29, 1.82) is 0 Å². The molecule has 12 nitrogen and oxygen atoms in total. The van der Waals surface area contributed by atoms with E-state index in [0.717, 1.165) is 0 Å². The Bertz CT molecular complexity index is 557. The number of carbonyl (C=O) groups excluding carboxylic acids is 4. The quantitative estimate of drug-likeness (QED) is 0.160. The summed E-state index contributed by atoms with van der Waals surface area (Å²) in [5.74, 6) is -5.13. The minimum absolute atomic E-state index is 0.222. The van der Waals surface area contributed by atoms with Gasteiger partial charge < -0.3 is 37.6 Å². The molecule has 0 radical (unpaired) electrons. The van der Waals surface area contributed by atoms with E-state index in [9.17, 15) is 24.0 Å². The lowest BCUT2D eigenvalue weighted by atomic mass is 10.1. The second kappa shape index (κ2) is 11.3. The number of thiol groups is 1. The molecular weight excluding hydrogens is 370 g/mol. The van der Waals surface area contributed by atoms with Crippen molar-refractivity contribution in [3.05, 3.63) is 0 Å². The number of aliphatic hydroxyl groups excluding tert-OH is 1. The normalized spacial score (nSPS) is 15.1. The molecule has 4 amide bonds. The summed E-state index contributed by atoms with van der Waals surface area (Å²) >= 11 is 3.89. The first-order valence-electron chi connectivity index (χ1n) is 7.43. The summed E-state index contributed by atoms with van der Waals surface area (Å²) in [5, 5.41) is 24.2. The maximum atomic E-state index is 12.2. The molecule has 0 aliphatic rings. The maximum Gasteiger partial charge on any atom is 0.328 e. The predicted octanol–water partition coefficient (Wildman–Crippen LogP) is -4.33. The van der Waals surface area contributed by atoms with Crippen molar-refractivity contribution in [2.75, 3.05) is 12.4 Å². The van der Waals surface area contributed by atoms with Crippen LogP contribution in [0.4, 0.5) is 0 Å².